The molecule has 0 radical (unpaired) electrons. The van der Waals surface area contributed by atoms with Gasteiger partial charge in [-0.05, 0) is 31.1 Å². The van der Waals surface area contributed by atoms with E-state index in [1.54, 1.807) is 4.31 Å². The third-order valence-corrected chi connectivity index (χ3v) is 5.40. The van der Waals surface area contributed by atoms with Crippen LogP contribution in [-0.2, 0) is 10.0 Å². The van der Waals surface area contributed by atoms with Gasteiger partial charge in [0, 0.05) is 32.1 Å². The van der Waals surface area contributed by atoms with E-state index in [0.29, 0.717) is 25.6 Å². The molecule has 1 N–H and O–H groups in total. The maximum Gasteiger partial charge on any atom is 0.211 e. The molecule has 2 rings (SSSR count). The summed E-state index contributed by atoms with van der Waals surface area (Å²) in [6, 6.07) is 2.66. The summed E-state index contributed by atoms with van der Waals surface area (Å²) in [5, 5.41) is 12.3. The van der Waals surface area contributed by atoms with Crippen LogP contribution in [0.25, 0.3) is 0 Å². The molecular formula is C12H21N3O2S. The number of hydrogen-bond donors (Lipinski definition) is 1. The van der Waals surface area contributed by atoms with Crippen molar-refractivity contribution in [3.63, 3.8) is 0 Å². The van der Waals surface area contributed by atoms with Crippen molar-refractivity contribution in [1.29, 1.82) is 5.26 Å². The van der Waals surface area contributed by atoms with Crippen molar-refractivity contribution in [2.75, 3.05) is 25.9 Å². The fourth-order valence-electron chi connectivity index (χ4n) is 2.51. The van der Waals surface area contributed by atoms with E-state index in [1.807, 2.05) is 0 Å². The van der Waals surface area contributed by atoms with E-state index in [4.69, 9.17) is 5.26 Å². The Hall–Kier alpha value is -0.640. The highest BCUT2D eigenvalue weighted by molar-refractivity contribution is 7.88. The minimum Gasteiger partial charge on any atom is -0.313 e. The molecule has 0 spiro atoms. The summed E-state index contributed by atoms with van der Waals surface area (Å²) >= 11 is 0. The first-order chi connectivity index (χ1) is 8.45. The van der Waals surface area contributed by atoms with Gasteiger partial charge in [-0.1, -0.05) is 0 Å². The molecule has 1 heterocycles. The zero-order chi connectivity index (χ0) is 13.2. The van der Waals surface area contributed by atoms with Crippen molar-refractivity contribution in [3.05, 3.63) is 0 Å². The number of nitrogens with one attached hydrogen (secondary N) is 1. The summed E-state index contributed by atoms with van der Waals surface area (Å²) in [5.74, 6) is 0. The van der Waals surface area contributed by atoms with Crippen molar-refractivity contribution in [1.82, 2.24) is 9.62 Å². The molecule has 0 atom stereocenters. The lowest BCUT2D eigenvalue weighted by Gasteiger charge is -2.31. The number of sulfonamides is 1. The van der Waals surface area contributed by atoms with Crippen molar-refractivity contribution in [2.45, 2.75) is 38.1 Å². The van der Waals surface area contributed by atoms with Gasteiger partial charge in [-0.15, -0.1) is 0 Å². The number of hydrogen-bond acceptors (Lipinski definition) is 4. The van der Waals surface area contributed by atoms with E-state index in [2.05, 4.69) is 11.4 Å². The highest BCUT2D eigenvalue weighted by Gasteiger charge is 2.42. The first kappa shape index (κ1) is 13.8. The Morgan fingerprint density at radius 3 is 2.44 bits per heavy atom. The Balaban J connectivity index is 1.73. The van der Waals surface area contributed by atoms with Crippen LogP contribution in [0.4, 0.5) is 0 Å². The maximum atomic E-state index is 11.4. The molecule has 2 fully saturated rings. The predicted molar refractivity (Wildman–Crippen MR) is 69.3 cm³/mol. The Labute approximate surface area is 109 Å². The largest absolute Gasteiger partial charge is 0.313 e. The molecule has 0 aromatic heterocycles. The molecule has 0 aromatic rings. The van der Waals surface area contributed by atoms with Crippen molar-refractivity contribution < 1.29 is 8.42 Å². The second-order valence-corrected chi connectivity index (χ2v) is 7.63. The van der Waals surface area contributed by atoms with Gasteiger partial charge >= 0.3 is 0 Å². The van der Waals surface area contributed by atoms with E-state index >= 15 is 0 Å². The van der Waals surface area contributed by atoms with Crippen LogP contribution < -0.4 is 5.32 Å². The fourth-order valence-corrected chi connectivity index (χ4v) is 3.39. The highest BCUT2D eigenvalue weighted by atomic mass is 32.2. The molecule has 102 valence electrons. The van der Waals surface area contributed by atoms with Crippen LogP contribution in [-0.4, -0.2) is 44.7 Å². The van der Waals surface area contributed by atoms with Crippen LogP contribution in [0.1, 0.15) is 32.1 Å². The standard InChI is InChI=1S/C12H21N3O2S/c1-18(16,17)15-8-2-11(3-9-15)14-10-12(4-5-12)6-7-13/h11,14H,2-6,8-10H2,1H3. The van der Waals surface area contributed by atoms with Gasteiger partial charge in [0.25, 0.3) is 0 Å². The molecule has 1 aliphatic carbocycles. The molecule has 0 bridgehead atoms. The number of rotatable bonds is 5. The van der Waals surface area contributed by atoms with Gasteiger partial charge in [-0.3, -0.25) is 0 Å². The third-order valence-electron chi connectivity index (χ3n) is 4.10. The summed E-state index contributed by atoms with van der Waals surface area (Å²) in [5.41, 5.74) is 0.225. The molecule has 5 nitrogen and oxygen atoms in total. The first-order valence-electron chi connectivity index (χ1n) is 6.51. The van der Waals surface area contributed by atoms with Crippen LogP contribution >= 0.6 is 0 Å². The third kappa shape index (κ3) is 3.44. The Bertz CT molecular complexity index is 429. The van der Waals surface area contributed by atoms with Crippen LogP contribution in [0.2, 0.25) is 0 Å². The fraction of sp³-hybridized carbons (Fsp3) is 0.917. The average Bonchev–Trinajstić information content (AvgIpc) is 3.07. The molecule has 0 amide bonds. The second-order valence-electron chi connectivity index (χ2n) is 5.65. The van der Waals surface area contributed by atoms with Crippen LogP contribution in [0.15, 0.2) is 0 Å². The first-order valence-corrected chi connectivity index (χ1v) is 8.36. The maximum absolute atomic E-state index is 11.4. The van der Waals surface area contributed by atoms with Crippen LogP contribution in [0.5, 0.6) is 0 Å². The average molecular weight is 271 g/mol. The molecule has 18 heavy (non-hydrogen) atoms. The molecular weight excluding hydrogens is 250 g/mol. The number of nitriles is 1. The minimum absolute atomic E-state index is 0.225. The van der Waals surface area contributed by atoms with Gasteiger partial charge in [0.2, 0.25) is 10.0 Å². The van der Waals surface area contributed by atoms with Gasteiger partial charge in [0.1, 0.15) is 0 Å². The summed E-state index contributed by atoms with van der Waals surface area (Å²) in [6.07, 6.45) is 5.95. The molecule has 2 aliphatic rings. The van der Waals surface area contributed by atoms with Crippen molar-refractivity contribution in [2.24, 2.45) is 5.41 Å². The van der Waals surface area contributed by atoms with Gasteiger partial charge in [-0.25, -0.2) is 12.7 Å². The smallest absolute Gasteiger partial charge is 0.211 e. The zero-order valence-corrected chi connectivity index (χ0v) is 11.7. The van der Waals surface area contributed by atoms with Gasteiger partial charge in [-0.2, -0.15) is 5.26 Å². The molecule has 6 heteroatoms. The van der Waals surface area contributed by atoms with Crippen molar-refractivity contribution in [3.8, 4) is 6.07 Å². The molecule has 0 unspecified atom stereocenters. The SMILES string of the molecule is CS(=O)(=O)N1CCC(NCC2(CC#N)CC2)CC1. The lowest BCUT2D eigenvalue weighted by molar-refractivity contribution is 0.278. The second kappa shape index (κ2) is 5.16. The van der Waals surface area contributed by atoms with E-state index in [9.17, 15) is 8.42 Å². The summed E-state index contributed by atoms with van der Waals surface area (Å²) in [7, 11) is -3.03. The lowest BCUT2D eigenvalue weighted by Crippen LogP contribution is -2.45. The Kier molecular flexibility index (Phi) is 3.95. The normalized spacial score (nSPS) is 24.7. The van der Waals surface area contributed by atoms with Crippen LogP contribution in [0.3, 0.4) is 0 Å². The van der Waals surface area contributed by atoms with Crippen LogP contribution in [0, 0.1) is 16.7 Å². The monoisotopic (exact) mass is 271 g/mol. The zero-order valence-electron chi connectivity index (χ0n) is 10.9. The Morgan fingerprint density at radius 2 is 2.00 bits per heavy atom. The number of nitrogens with zero attached hydrogens (tertiary/aromatic N) is 2. The number of piperidine rings is 1. The highest BCUT2D eigenvalue weighted by Crippen LogP contribution is 2.48. The van der Waals surface area contributed by atoms with E-state index in [-0.39, 0.29) is 5.41 Å². The Morgan fingerprint density at radius 1 is 1.39 bits per heavy atom. The van der Waals surface area contributed by atoms with Gasteiger partial charge in [0.05, 0.1) is 12.3 Å². The lowest BCUT2D eigenvalue weighted by atomic mass is 10.0. The van der Waals surface area contributed by atoms with E-state index < -0.39 is 10.0 Å². The minimum atomic E-state index is -3.03. The molecule has 0 aromatic carbocycles. The van der Waals surface area contributed by atoms with E-state index in [1.165, 1.54) is 6.26 Å². The van der Waals surface area contributed by atoms with Gasteiger partial charge in [0.15, 0.2) is 0 Å². The van der Waals surface area contributed by atoms with Crippen molar-refractivity contribution >= 4 is 10.0 Å². The molecule has 1 aliphatic heterocycles. The topological polar surface area (TPSA) is 73.2 Å². The molecule has 1 saturated heterocycles. The van der Waals surface area contributed by atoms with E-state index in [0.717, 1.165) is 32.2 Å². The van der Waals surface area contributed by atoms with Gasteiger partial charge < -0.3 is 5.32 Å². The predicted octanol–water partition coefficient (Wildman–Crippen LogP) is 0.694. The summed E-state index contributed by atoms with van der Waals surface area (Å²) in [4.78, 5) is 0. The molecule has 1 saturated carbocycles. The summed E-state index contributed by atoms with van der Waals surface area (Å²) in [6.45, 7) is 2.13. The quantitative estimate of drug-likeness (QED) is 0.798. The summed E-state index contributed by atoms with van der Waals surface area (Å²) < 4.78 is 24.3.